The number of carbonyl (C=O) groups excluding carboxylic acids is 2. The molecule has 0 aliphatic heterocycles. The van der Waals surface area contributed by atoms with Gasteiger partial charge in [-0.1, -0.05) is 36.4 Å². The zero-order valence-electron chi connectivity index (χ0n) is 15.0. The Morgan fingerprint density at radius 2 is 1.46 bits per heavy atom. The normalized spacial score (nSPS) is 10.2. The third-order valence-corrected chi connectivity index (χ3v) is 3.82. The van der Waals surface area contributed by atoms with Crippen LogP contribution in [0, 0.1) is 5.82 Å². The molecule has 0 heterocycles. The highest BCUT2D eigenvalue weighted by molar-refractivity contribution is 6.08. The molecule has 2 amide bonds. The van der Waals surface area contributed by atoms with E-state index in [-0.39, 0.29) is 6.42 Å². The van der Waals surface area contributed by atoms with E-state index in [0.29, 0.717) is 23.7 Å². The highest BCUT2D eigenvalue weighted by atomic mass is 19.1. The molecule has 0 unspecified atom stereocenters. The molecular formula is C22H19FN2O3. The molecule has 0 fully saturated rings. The van der Waals surface area contributed by atoms with Gasteiger partial charge in [0.05, 0.1) is 0 Å². The van der Waals surface area contributed by atoms with Crippen LogP contribution in [0.3, 0.4) is 0 Å². The van der Waals surface area contributed by atoms with Gasteiger partial charge in [0, 0.05) is 11.4 Å². The average molecular weight is 378 g/mol. The molecule has 6 heteroatoms. The lowest BCUT2D eigenvalue weighted by Gasteiger charge is -2.09. The summed E-state index contributed by atoms with van der Waals surface area (Å²) >= 11 is 0. The van der Waals surface area contributed by atoms with Crippen LogP contribution in [0.25, 0.3) is 0 Å². The summed E-state index contributed by atoms with van der Waals surface area (Å²) in [4.78, 5) is 23.9. The van der Waals surface area contributed by atoms with E-state index < -0.39 is 17.6 Å². The fourth-order valence-corrected chi connectivity index (χ4v) is 2.50. The summed E-state index contributed by atoms with van der Waals surface area (Å²) in [5.74, 6) is -0.778. The fraction of sp³-hybridized carbons (Fsp3) is 0.0909. The summed E-state index contributed by atoms with van der Waals surface area (Å²) in [6.45, 7) is 0.451. The Balaban J connectivity index is 1.46. The van der Waals surface area contributed by atoms with Crippen molar-refractivity contribution < 1.29 is 18.7 Å². The number of ether oxygens (including phenoxy) is 1. The van der Waals surface area contributed by atoms with E-state index in [0.717, 1.165) is 5.56 Å². The van der Waals surface area contributed by atoms with Crippen LogP contribution in [-0.2, 0) is 16.2 Å². The first-order chi connectivity index (χ1) is 13.6. The quantitative estimate of drug-likeness (QED) is 0.600. The van der Waals surface area contributed by atoms with Gasteiger partial charge < -0.3 is 15.4 Å². The van der Waals surface area contributed by atoms with Crippen molar-refractivity contribution >= 4 is 23.2 Å². The van der Waals surface area contributed by atoms with Crippen molar-refractivity contribution in [2.45, 2.75) is 13.0 Å². The van der Waals surface area contributed by atoms with E-state index in [2.05, 4.69) is 10.6 Å². The third-order valence-electron chi connectivity index (χ3n) is 3.82. The molecule has 28 heavy (non-hydrogen) atoms. The van der Waals surface area contributed by atoms with Gasteiger partial charge in [-0.15, -0.1) is 0 Å². The molecule has 3 aromatic rings. The van der Waals surface area contributed by atoms with Crippen molar-refractivity contribution in [2.75, 3.05) is 10.6 Å². The molecule has 3 aromatic carbocycles. The van der Waals surface area contributed by atoms with Gasteiger partial charge in [-0.3, -0.25) is 9.59 Å². The lowest BCUT2D eigenvalue weighted by atomic mass is 10.2. The number of rotatable bonds is 7. The summed E-state index contributed by atoms with van der Waals surface area (Å²) in [6, 6.07) is 22.1. The Labute approximate surface area is 162 Å². The molecule has 142 valence electrons. The van der Waals surface area contributed by atoms with Crippen LogP contribution in [0.15, 0.2) is 78.9 Å². The number of hydrogen-bond acceptors (Lipinski definition) is 3. The van der Waals surface area contributed by atoms with E-state index in [9.17, 15) is 14.0 Å². The maximum absolute atomic E-state index is 13.1. The molecule has 2 N–H and O–H groups in total. The fourth-order valence-electron chi connectivity index (χ4n) is 2.50. The van der Waals surface area contributed by atoms with Crippen LogP contribution in [0.5, 0.6) is 5.75 Å². The van der Waals surface area contributed by atoms with E-state index >= 15 is 0 Å². The lowest BCUT2D eigenvalue weighted by Crippen LogP contribution is -2.21. The number of anilines is 2. The number of benzene rings is 3. The minimum absolute atomic E-state index is 0.303. The van der Waals surface area contributed by atoms with Crippen LogP contribution in [0.4, 0.5) is 15.8 Å². The molecule has 5 nitrogen and oxygen atoms in total. The standard InChI is InChI=1S/C22H19FN2O3/c23-17-7-4-8-19(13-17)25-22(27)14-21(26)24-18-9-11-20(12-10-18)28-15-16-5-2-1-3-6-16/h1-13H,14-15H2,(H,24,26)(H,25,27). The second-order valence-electron chi connectivity index (χ2n) is 6.08. The molecule has 0 aromatic heterocycles. The van der Waals surface area contributed by atoms with Gasteiger partial charge in [0.1, 0.15) is 24.6 Å². The van der Waals surface area contributed by atoms with Gasteiger partial charge in [0.15, 0.2) is 0 Å². The number of halogens is 1. The lowest BCUT2D eigenvalue weighted by molar-refractivity contribution is -0.123. The molecule has 0 atom stereocenters. The molecule has 0 aliphatic rings. The molecule has 3 rings (SSSR count). The highest BCUT2D eigenvalue weighted by Gasteiger charge is 2.10. The van der Waals surface area contributed by atoms with Gasteiger partial charge in [-0.05, 0) is 48.0 Å². The largest absolute Gasteiger partial charge is 0.489 e. The molecule has 0 saturated carbocycles. The molecule has 0 saturated heterocycles. The zero-order chi connectivity index (χ0) is 19.8. The first-order valence-corrected chi connectivity index (χ1v) is 8.70. The maximum Gasteiger partial charge on any atom is 0.233 e. The molecule has 0 radical (unpaired) electrons. The Bertz CT molecular complexity index is 944. The predicted molar refractivity (Wildman–Crippen MR) is 105 cm³/mol. The molecule has 0 bridgehead atoms. The smallest absolute Gasteiger partial charge is 0.233 e. The van der Waals surface area contributed by atoms with Crippen LogP contribution in [0.1, 0.15) is 12.0 Å². The number of carbonyl (C=O) groups is 2. The first-order valence-electron chi connectivity index (χ1n) is 8.70. The van der Waals surface area contributed by atoms with Crippen molar-refractivity contribution in [1.29, 1.82) is 0 Å². The topological polar surface area (TPSA) is 67.4 Å². The third kappa shape index (κ3) is 5.95. The molecule has 0 spiro atoms. The monoisotopic (exact) mass is 378 g/mol. The Hall–Kier alpha value is -3.67. The van der Waals surface area contributed by atoms with Crippen LogP contribution < -0.4 is 15.4 Å². The SMILES string of the molecule is O=C(CC(=O)Nc1cccc(F)c1)Nc1ccc(OCc2ccccc2)cc1. The van der Waals surface area contributed by atoms with Crippen molar-refractivity contribution in [3.63, 3.8) is 0 Å². The van der Waals surface area contributed by atoms with Crippen LogP contribution in [-0.4, -0.2) is 11.8 Å². The Morgan fingerprint density at radius 1 is 0.786 bits per heavy atom. The van der Waals surface area contributed by atoms with E-state index in [1.165, 1.54) is 18.2 Å². The summed E-state index contributed by atoms with van der Waals surface area (Å²) in [7, 11) is 0. The molecule has 0 aliphatic carbocycles. The summed E-state index contributed by atoms with van der Waals surface area (Å²) in [5.41, 5.74) is 1.91. The Kier molecular flexibility index (Phi) is 6.36. The zero-order valence-corrected chi connectivity index (χ0v) is 15.0. The second-order valence-corrected chi connectivity index (χ2v) is 6.08. The average Bonchev–Trinajstić information content (AvgIpc) is 2.68. The minimum Gasteiger partial charge on any atom is -0.489 e. The predicted octanol–water partition coefficient (Wildman–Crippen LogP) is 4.37. The van der Waals surface area contributed by atoms with Crippen molar-refractivity contribution in [2.24, 2.45) is 0 Å². The minimum atomic E-state index is -0.522. The van der Waals surface area contributed by atoms with Gasteiger partial charge in [0.2, 0.25) is 11.8 Å². The first kappa shape index (κ1) is 19.1. The van der Waals surface area contributed by atoms with E-state index in [1.54, 1.807) is 30.3 Å². The summed E-state index contributed by atoms with van der Waals surface area (Å²) in [5, 5.41) is 5.12. The Morgan fingerprint density at radius 3 is 2.14 bits per heavy atom. The summed E-state index contributed by atoms with van der Waals surface area (Å²) in [6.07, 6.45) is -0.372. The van der Waals surface area contributed by atoms with E-state index in [4.69, 9.17) is 4.74 Å². The van der Waals surface area contributed by atoms with Crippen LogP contribution in [0.2, 0.25) is 0 Å². The van der Waals surface area contributed by atoms with Gasteiger partial charge in [-0.2, -0.15) is 0 Å². The van der Waals surface area contributed by atoms with Crippen molar-refractivity contribution in [1.82, 2.24) is 0 Å². The number of amides is 2. The van der Waals surface area contributed by atoms with Gasteiger partial charge in [0.25, 0.3) is 0 Å². The highest BCUT2D eigenvalue weighted by Crippen LogP contribution is 2.17. The van der Waals surface area contributed by atoms with Crippen molar-refractivity contribution in [3.05, 3.63) is 90.2 Å². The van der Waals surface area contributed by atoms with Gasteiger partial charge >= 0.3 is 0 Å². The van der Waals surface area contributed by atoms with Crippen LogP contribution >= 0.6 is 0 Å². The second kappa shape index (κ2) is 9.32. The summed E-state index contributed by atoms with van der Waals surface area (Å²) < 4.78 is 18.8. The molecular weight excluding hydrogens is 359 g/mol. The number of nitrogens with one attached hydrogen (secondary N) is 2. The maximum atomic E-state index is 13.1. The van der Waals surface area contributed by atoms with Crippen molar-refractivity contribution in [3.8, 4) is 5.75 Å². The number of hydrogen-bond donors (Lipinski definition) is 2. The van der Waals surface area contributed by atoms with E-state index in [1.807, 2.05) is 30.3 Å². The van der Waals surface area contributed by atoms with Gasteiger partial charge in [-0.25, -0.2) is 4.39 Å².